The summed E-state index contributed by atoms with van der Waals surface area (Å²) in [7, 11) is 1.64. The van der Waals surface area contributed by atoms with Crippen LogP contribution in [0, 0.1) is 0 Å². The van der Waals surface area contributed by atoms with Crippen molar-refractivity contribution in [1.29, 1.82) is 0 Å². The van der Waals surface area contributed by atoms with Gasteiger partial charge in [0, 0.05) is 5.69 Å². The fourth-order valence-electron chi connectivity index (χ4n) is 2.07. The first-order valence-electron chi connectivity index (χ1n) is 7.49. The molecular weight excluding hydrogens is 278 g/mol. The minimum atomic E-state index is 0.0165. The molecule has 1 unspecified atom stereocenters. The van der Waals surface area contributed by atoms with E-state index in [9.17, 15) is 0 Å². The Kier molecular flexibility index (Phi) is 5.95. The van der Waals surface area contributed by atoms with E-state index >= 15 is 0 Å². The average molecular weight is 301 g/mol. The first kappa shape index (κ1) is 16.0. The summed E-state index contributed by atoms with van der Waals surface area (Å²) >= 11 is 0. The van der Waals surface area contributed by atoms with Gasteiger partial charge in [0.15, 0.2) is 11.5 Å². The van der Waals surface area contributed by atoms with Crippen molar-refractivity contribution in [2.75, 3.05) is 25.6 Å². The quantitative estimate of drug-likeness (QED) is 0.801. The minimum absolute atomic E-state index is 0.0165. The molecule has 4 nitrogen and oxygen atoms in total. The molecule has 0 fully saturated rings. The highest BCUT2D eigenvalue weighted by molar-refractivity contribution is 5.46. The molecule has 0 aliphatic heterocycles. The minimum Gasteiger partial charge on any atom is -0.494 e. The van der Waals surface area contributed by atoms with Gasteiger partial charge >= 0.3 is 0 Å². The van der Waals surface area contributed by atoms with Crippen LogP contribution < -0.4 is 19.5 Å². The Morgan fingerprint density at radius 2 is 1.68 bits per heavy atom. The zero-order chi connectivity index (χ0) is 15.8. The summed E-state index contributed by atoms with van der Waals surface area (Å²) in [6.45, 7) is 5.37. The van der Waals surface area contributed by atoms with Crippen LogP contribution in [-0.4, -0.2) is 26.4 Å². The largest absolute Gasteiger partial charge is 0.494 e. The van der Waals surface area contributed by atoms with Gasteiger partial charge in [0.05, 0.1) is 20.3 Å². The lowest BCUT2D eigenvalue weighted by Crippen LogP contribution is -2.22. The number of hydrogen-bond donors (Lipinski definition) is 1. The summed E-state index contributed by atoms with van der Waals surface area (Å²) in [6, 6.07) is 15.6. The molecule has 1 atom stereocenters. The molecule has 0 aromatic heterocycles. The van der Waals surface area contributed by atoms with E-state index in [1.807, 2.05) is 62.4 Å². The van der Waals surface area contributed by atoms with E-state index in [2.05, 4.69) is 5.32 Å². The molecule has 2 aromatic rings. The third-order valence-corrected chi connectivity index (χ3v) is 3.16. The van der Waals surface area contributed by atoms with Crippen LogP contribution in [0.2, 0.25) is 0 Å². The molecule has 2 aromatic carbocycles. The Hall–Kier alpha value is -2.36. The Morgan fingerprint density at radius 1 is 1.00 bits per heavy atom. The second-order valence-electron chi connectivity index (χ2n) is 4.92. The number of para-hydroxylation sites is 2. The summed E-state index contributed by atoms with van der Waals surface area (Å²) < 4.78 is 16.6. The van der Waals surface area contributed by atoms with Gasteiger partial charge in [-0.3, -0.25) is 0 Å². The van der Waals surface area contributed by atoms with Crippen molar-refractivity contribution < 1.29 is 14.2 Å². The standard InChI is InChI=1S/C18H23NO3/c1-4-21-16-11-9-15(10-12-16)19-13-14(2)22-18-8-6-5-7-17(18)20-3/h5-12,14,19H,4,13H2,1-3H3. The van der Waals surface area contributed by atoms with Crippen molar-refractivity contribution in [2.45, 2.75) is 20.0 Å². The van der Waals surface area contributed by atoms with Crippen LogP contribution in [-0.2, 0) is 0 Å². The van der Waals surface area contributed by atoms with E-state index in [1.54, 1.807) is 7.11 Å². The molecule has 22 heavy (non-hydrogen) atoms. The normalized spacial score (nSPS) is 11.6. The van der Waals surface area contributed by atoms with Crippen LogP contribution >= 0.6 is 0 Å². The van der Waals surface area contributed by atoms with Gasteiger partial charge in [-0.25, -0.2) is 0 Å². The van der Waals surface area contributed by atoms with Gasteiger partial charge in [0.1, 0.15) is 11.9 Å². The maximum Gasteiger partial charge on any atom is 0.161 e. The number of hydrogen-bond acceptors (Lipinski definition) is 4. The molecule has 118 valence electrons. The lowest BCUT2D eigenvalue weighted by molar-refractivity contribution is 0.223. The number of ether oxygens (including phenoxy) is 3. The van der Waals surface area contributed by atoms with E-state index in [4.69, 9.17) is 14.2 Å². The first-order valence-corrected chi connectivity index (χ1v) is 7.49. The van der Waals surface area contributed by atoms with Gasteiger partial charge in [0.2, 0.25) is 0 Å². The molecule has 0 spiro atoms. The van der Waals surface area contributed by atoms with Gasteiger partial charge in [0.25, 0.3) is 0 Å². The second-order valence-corrected chi connectivity index (χ2v) is 4.92. The average Bonchev–Trinajstić information content (AvgIpc) is 2.55. The molecule has 0 aliphatic carbocycles. The summed E-state index contributed by atoms with van der Waals surface area (Å²) in [5.41, 5.74) is 1.04. The molecule has 2 rings (SSSR count). The third kappa shape index (κ3) is 4.58. The lowest BCUT2D eigenvalue weighted by Gasteiger charge is -2.18. The number of nitrogens with one attached hydrogen (secondary N) is 1. The number of anilines is 1. The highest BCUT2D eigenvalue weighted by Gasteiger charge is 2.08. The van der Waals surface area contributed by atoms with Crippen molar-refractivity contribution in [3.05, 3.63) is 48.5 Å². The van der Waals surface area contributed by atoms with Crippen molar-refractivity contribution in [1.82, 2.24) is 0 Å². The summed E-state index contributed by atoms with van der Waals surface area (Å²) in [6.07, 6.45) is 0.0165. The smallest absolute Gasteiger partial charge is 0.161 e. The zero-order valence-electron chi connectivity index (χ0n) is 13.3. The fourth-order valence-corrected chi connectivity index (χ4v) is 2.07. The lowest BCUT2D eigenvalue weighted by atomic mass is 10.3. The Balaban J connectivity index is 1.85. The van der Waals surface area contributed by atoms with Gasteiger partial charge < -0.3 is 19.5 Å². The third-order valence-electron chi connectivity index (χ3n) is 3.16. The fraction of sp³-hybridized carbons (Fsp3) is 0.333. The molecule has 0 aliphatic rings. The molecule has 0 saturated carbocycles. The predicted octanol–water partition coefficient (Wildman–Crippen LogP) is 3.97. The molecule has 4 heteroatoms. The molecule has 0 amide bonds. The van der Waals surface area contributed by atoms with Gasteiger partial charge in [-0.2, -0.15) is 0 Å². The van der Waals surface area contributed by atoms with E-state index in [0.717, 1.165) is 22.9 Å². The monoisotopic (exact) mass is 301 g/mol. The van der Waals surface area contributed by atoms with Crippen LogP contribution in [0.1, 0.15) is 13.8 Å². The van der Waals surface area contributed by atoms with Crippen LogP contribution in [0.25, 0.3) is 0 Å². The number of rotatable bonds is 8. The van der Waals surface area contributed by atoms with Crippen LogP contribution in [0.15, 0.2) is 48.5 Å². The topological polar surface area (TPSA) is 39.7 Å². The molecule has 1 N–H and O–H groups in total. The van der Waals surface area contributed by atoms with Crippen LogP contribution in [0.4, 0.5) is 5.69 Å². The first-order chi connectivity index (χ1) is 10.7. The summed E-state index contributed by atoms with van der Waals surface area (Å²) in [4.78, 5) is 0. The maximum atomic E-state index is 5.91. The van der Waals surface area contributed by atoms with E-state index in [0.29, 0.717) is 13.2 Å². The van der Waals surface area contributed by atoms with Gasteiger partial charge in [-0.05, 0) is 50.2 Å². The maximum absolute atomic E-state index is 5.91. The summed E-state index contributed by atoms with van der Waals surface area (Å²) in [5, 5.41) is 3.35. The van der Waals surface area contributed by atoms with Crippen LogP contribution in [0.5, 0.6) is 17.2 Å². The number of benzene rings is 2. The Morgan fingerprint density at radius 3 is 2.32 bits per heavy atom. The zero-order valence-corrected chi connectivity index (χ0v) is 13.3. The van der Waals surface area contributed by atoms with Gasteiger partial charge in [-0.15, -0.1) is 0 Å². The van der Waals surface area contributed by atoms with Crippen molar-refractivity contribution >= 4 is 5.69 Å². The highest BCUT2D eigenvalue weighted by atomic mass is 16.5. The Labute approximate surface area is 132 Å². The predicted molar refractivity (Wildman–Crippen MR) is 89.2 cm³/mol. The highest BCUT2D eigenvalue weighted by Crippen LogP contribution is 2.26. The number of methoxy groups -OCH3 is 1. The molecule has 0 saturated heterocycles. The van der Waals surface area contributed by atoms with E-state index in [-0.39, 0.29) is 6.10 Å². The van der Waals surface area contributed by atoms with E-state index in [1.165, 1.54) is 0 Å². The van der Waals surface area contributed by atoms with Crippen molar-refractivity contribution in [2.24, 2.45) is 0 Å². The van der Waals surface area contributed by atoms with Crippen molar-refractivity contribution in [3.8, 4) is 17.2 Å². The Bertz CT molecular complexity index is 569. The summed E-state index contributed by atoms with van der Waals surface area (Å²) in [5.74, 6) is 2.38. The molecule has 0 heterocycles. The SMILES string of the molecule is CCOc1ccc(NCC(C)Oc2ccccc2OC)cc1. The van der Waals surface area contributed by atoms with Crippen molar-refractivity contribution in [3.63, 3.8) is 0 Å². The second kappa shape index (κ2) is 8.17. The molecular formula is C18H23NO3. The molecule has 0 radical (unpaired) electrons. The van der Waals surface area contributed by atoms with Gasteiger partial charge in [-0.1, -0.05) is 12.1 Å². The van der Waals surface area contributed by atoms with E-state index < -0.39 is 0 Å². The molecule has 0 bridgehead atoms. The van der Waals surface area contributed by atoms with Crippen LogP contribution in [0.3, 0.4) is 0 Å².